The van der Waals surface area contributed by atoms with Crippen LogP contribution >= 0.6 is 9.42 Å². The van der Waals surface area contributed by atoms with Crippen molar-refractivity contribution >= 4 is 69.1 Å². The van der Waals surface area contributed by atoms with Crippen LogP contribution in [-0.2, 0) is 203 Å². The predicted molar refractivity (Wildman–Crippen MR) is 475 cm³/mol. The maximum atomic E-state index is 10.4. The third-order valence-electron chi connectivity index (χ3n) is 19.3. The molecule has 6 fully saturated rings. The normalized spacial score (nSPS) is 18.3. The topological polar surface area (TPSA) is 682 Å². The van der Waals surface area contributed by atoms with Crippen molar-refractivity contribution < 1.29 is 274 Å². The molecule has 5 aliphatic carbocycles. The maximum absolute atomic E-state index is 10.4. The number of nitrogens with two attached hydrogens (primary N) is 2. The van der Waals surface area contributed by atoms with E-state index in [0.29, 0.717) is 68.4 Å². The molecule has 24 N–H and O–H groups in total. The molecule has 34 nitrogen and oxygen atoms in total. The van der Waals surface area contributed by atoms with E-state index in [1.165, 1.54) is 167 Å². The van der Waals surface area contributed by atoms with Crippen molar-refractivity contribution in [1.82, 2.24) is 0 Å². The monoisotopic (exact) mass is 3110 g/mol. The Bertz CT molecular complexity index is 2410. The minimum atomic E-state index is -1.82. The van der Waals surface area contributed by atoms with Gasteiger partial charge >= 0.3 is 214 Å². The summed E-state index contributed by atoms with van der Waals surface area (Å²) >= 11 is 1.61. The molecule has 9 atom stereocenters. The second kappa shape index (κ2) is 111. The zero-order chi connectivity index (χ0) is 90.8. The Morgan fingerprint density at radius 3 is 0.748 bits per heavy atom. The van der Waals surface area contributed by atoms with E-state index >= 15 is 0 Å². The second-order valence-electron chi connectivity index (χ2n) is 29.7. The molecule has 6 rings (SSSR count). The molecule has 0 spiro atoms. The van der Waals surface area contributed by atoms with Gasteiger partial charge in [-0.05, 0) is 64.9 Å². The Hall–Kier alpha value is -2.01. The van der Waals surface area contributed by atoms with Crippen LogP contribution in [0.3, 0.4) is 0 Å². The van der Waals surface area contributed by atoms with Gasteiger partial charge in [-0.15, -0.1) is 26.2 Å². The summed E-state index contributed by atoms with van der Waals surface area (Å²) in [6.45, 7) is 28.2. The minimum absolute atomic E-state index is 0. The number of aliphatic hydroxyl groups excluding tert-OH is 4. The standard InChI is InChI=1S/2C14H28O2.C8H16N2O2.2C7H13N.C6H12N2.2C6H8O4.C5H10O2.C4H6O3.C3H4O3.C2H2O4.3CH3.ClH.2H2N.7Pt/c2*1-2-3-4-5-6-7-8-9-10-11-12-13-14(15)16;1-5(2)8-11-6(3-9)7(4-10)12-8;2*1-6-4-2-3-5-7(6)8;7-3-5-1-2-6(5)4-8;2*7-4(8)6(5(9)10)2-1-3-6;1-4(6)3-5(2)7;1-3(5)2-4(6)7;1-2(4)3(5)6;3-1(4)2(5)6;;;;;;;;;;;;;/h2*2-13H2,1H3,(H,15,16);5-10H,3-4H2,1-2H3;2*6-8H,1-5H2;5-8H,1-4H2;2*1-3H2,(H,7,8)(H,9,10);5-7H,1,3H2,2H3;5H,1-2H2,(H,6,7);4H,1H2,(H,5,6);(H,3,4)(H,5,6);3*1H3;1H;2*1H2;;;;;;;/q;;4*-2;;;;;;;3*-1;;2*-1;7*+2/p-1/t;;3*6-,7-;;;;5-;;;;;;;;;;;;;;;;/m..111...0................/s1. The Morgan fingerprint density at radius 2 is 0.646 bits per heavy atom. The first-order valence-electron chi connectivity index (χ1n) is 40.6. The molecular weight excluding hydrogens is 2950 g/mol. The molecule has 0 aromatic rings. The minimum Gasteiger partial charge on any atom is -0.693 e. The maximum Gasteiger partial charge on any atom is 2.00 e. The number of rotatable bonds is 38. The van der Waals surface area contributed by atoms with E-state index in [1.807, 2.05) is 13.8 Å². The SMILES string of the molecule is C=C(O)C(=O)O.C=C(O)CC(=O)O.C=C(O)C[C@H](C)O.CC(C)C1O[C@H](C[NH-])[C@@H](C[NH-])O1.CCCCCCCCCCCCCC(=O)O.CCCCCCCCCCCCCC(=O)O.O=C(O)C(=O)O.O=C(O)C1(C(=O)O)CCC1.O=C(O)C1(C(=O)O)CCC1.[CH2-][C@@H]1CCCC[C@H]1[NH-].[CH2-][C@@H]1CCCC[C@H]1[NH-].[CH3-].[CH3-].[CH3-].[Cl][Pt+].[NH-]CC1CCC1C[NH-].[NH2-].[NH2-].[Pt+2].[Pt+2].[Pt+2].[Pt+2].[Pt+2].[Pt+2]. The summed E-state index contributed by atoms with van der Waals surface area (Å²) in [5, 5.41) is 114. The number of halogens is 1. The molecule has 2 unspecified atom stereocenters. The van der Waals surface area contributed by atoms with Crippen molar-refractivity contribution in [2.24, 2.45) is 40.4 Å². The number of carboxylic acids is 10. The van der Waals surface area contributed by atoms with Crippen molar-refractivity contribution in [2.45, 2.75) is 341 Å². The van der Waals surface area contributed by atoms with Crippen LogP contribution in [0.15, 0.2) is 37.0 Å². The first-order valence-corrected chi connectivity index (χ1v) is 43.4. The van der Waals surface area contributed by atoms with Crippen LogP contribution in [0.2, 0.25) is 0 Å². The fourth-order valence-corrected chi connectivity index (χ4v) is 11.3. The fraction of sp³-hybridized carbons (Fsp3) is 0.753. The van der Waals surface area contributed by atoms with Gasteiger partial charge in [-0.25, -0.2) is 14.4 Å². The van der Waals surface area contributed by atoms with Gasteiger partial charge in [0.05, 0.1) is 29.8 Å². The molecular formula is C85H161ClN8O26Pt7. The smallest absolute Gasteiger partial charge is 0.693 e. The van der Waals surface area contributed by atoms with Gasteiger partial charge in [-0.3, -0.25) is 33.6 Å². The number of carbonyl (C=O) groups is 10. The van der Waals surface area contributed by atoms with Crippen molar-refractivity contribution in [1.29, 1.82) is 0 Å². The number of unbranched alkanes of at least 4 members (excludes halogenated alkanes) is 20. The Kier molecular flexibility index (Phi) is 147. The van der Waals surface area contributed by atoms with Crippen LogP contribution in [0, 0.1) is 76.5 Å². The van der Waals surface area contributed by atoms with E-state index in [4.69, 9.17) is 125 Å². The van der Waals surface area contributed by atoms with Gasteiger partial charge in [0.2, 0.25) is 0 Å². The molecule has 42 heteroatoms. The third-order valence-corrected chi connectivity index (χ3v) is 19.3. The summed E-state index contributed by atoms with van der Waals surface area (Å²) in [5.74, 6) is -11.0. The molecule has 1 saturated heterocycles. The first-order chi connectivity index (χ1) is 54.4. The fourth-order valence-electron chi connectivity index (χ4n) is 11.3. The number of nitrogens with one attached hydrogen (secondary N) is 6. The van der Waals surface area contributed by atoms with Gasteiger partial charge in [-0.1, -0.05) is 245 Å². The molecule has 127 heavy (non-hydrogen) atoms. The second-order valence-corrected chi connectivity index (χ2v) is 29.7. The summed E-state index contributed by atoms with van der Waals surface area (Å²) < 4.78 is 10.9. The molecule has 1 aliphatic heterocycles. The molecule has 0 aromatic heterocycles. The van der Waals surface area contributed by atoms with E-state index in [2.05, 4.69) is 56.8 Å². The Labute approximate surface area is 862 Å². The van der Waals surface area contributed by atoms with Crippen LogP contribution in [0.1, 0.15) is 304 Å². The van der Waals surface area contributed by atoms with E-state index < -0.39 is 82.4 Å². The Morgan fingerprint density at radius 1 is 0.402 bits per heavy atom. The largest absolute Gasteiger partial charge is 2.00 e. The van der Waals surface area contributed by atoms with E-state index in [9.17, 15) is 38.4 Å². The number of aliphatic hydroxyl groups is 4. The third kappa shape index (κ3) is 101. The van der Waals surface area contributed by atoms with Crippen LogP contribution in [0.25, 0.3) is 46.7 Å². The van der Waals surface area contributed by atoms with Crippen LogP contribution in [-0.4, -0.2) is 194 Å². The average molecular weight is 3110 g/mol. The number of ether oxygens (including phenoxy) is 2. The Balaban J connectivity index is -0.0000000639. The van der Waals surface area contributed by atoms with Gasteiger partial charge in [0.1, 0.15) is 6.42 Å². The zero-order valence-electron chi connectivity index (χ0n) is 75.8. The van der Waals surface area contributed by atoms with Crippen molar-refractivity contribution in [3.05, 3.63) is 120 Å². The summed E-state index contributed by atoms with van der Waals surface area (Å²) in [5.41, 5.74) is 40.3. The van der Waals surface area contributed by atoms with Gasteiger partial charge in [0.25, 0.3) is 0 Å². The molecule has 0 bridgehead atoms. The van der Waals surface area contributed by atoms with E-state index in [-0.39, 0.29) is 255 Å². The molecule has 774 valence electrons. The van der Waals surface area contributed by atoms with E-state index in [0.717, 1.165) is 38.5 Å². The zero-order valence-corrected chi connectivity index (χ0v) is 92.5. The quantitative estimate of drug-likeness (QED) is 0.00682. The van der Waals surface area contributed by atoms with Crippen LogP contribution < -0.4 is 0 Å². The molecule has 0 aromatic carbocycles. The summed E-state index contributed by atoms with van der Waals surface area (Å²) in [6, 6.07) is 0.285. The van der Waals surface area contributed by atoms with Crippen molar-refractivity contribution in [3.63, 3.8) is 0 Å². The number of hydrogen-bond donors (Lipinski definition) is 14. The summed E-state index contributed by atoms with van der Waals surface area (Å²) in [4.78, 5) is 99.1. The predicted octanol–water partition coefficient (Wildman–Crippen LogP) is 23.2. The molecule has 0 amide bonds. The number of aliphatic carboxylic acids is 10. The van der Waals surface area contributed by atoms with Crippen molar-refractivity contribution in [3.8, 4) is 0 Å². The number of carboxylic acid groups (broad SMARTS) is 10. The van der Waals surface area contributed by atoms with Gasteiger partial charge < -0.3 is 164 Å². The first kappa shape index (κ1) is 168. The number of hydrogen-bond acceptors (Lipinski definition) is 16. The van der Waals surface area contributed by atoms with Crippen molar-refractivity contribution in [2.75, 3.05) is 26.2 Å². The molecule has 5 saturated carbocycles. The van der Waals surface area contributed by atoms with Crippen LogP contribution in [0.5, 0.6) is 0 Å². The summed E-state index contributed by atoms with van der Waals surface area (Å²) in [7, 11) is 4.61. The molecule has 0 radical (unpaired) electrons. The average Bonchev–Trinajstić information content (AvgIpc) is 1.33. The molecule has 6 aliphatic rings. The van der Waals surface area contributed by atoms with E-state index in [1.54, 1.807) is 25.7 Å². The van der Waals surface area contributed by atoms with Crippen LogP contribution in [0.4, 0.5) is 0 Å². The molecule has 1 heterocycles. The van der Waals surface area contributed by atoms with Gasteiger partial charge in [-0.2, -0.15) is 23.9 Å². The van der Waals surface area contributed by atoms with Gasteiger partial charge in [0, 0.05) is 25.2 Å². The van der Waals surface area contributed by atoms with Gasteiger partial charge in [0.15, 0.2) is 22.9 Å². The summed E-state index contributed by atoms with van der Waals surface area (Å²) in [6.07, 6.45) is 42.1.